The fourth-order valence-corrected chi connectivity index (χ4v) is 1.38. The fourth-order valence-electron chi connectivity index (χ4n) is 1.38. The topological polar surface area (TPSA) is 66.5 Å². The van der Waals surface area contributed by atoms with Gasteiger partial charge >= 0.3 is 0 Å². The number of nitrogens with zero attached hydrogens (tertiary/aromatic N) is 1. The maximum atomic E-state index is 12.8. The minimum absolute atomic E-state index is 0.0258. The Morgan fingerprint density at radius 3 is 2.73 bits per heavy atom. The number of carbonyl (C=O) groups excluding carboxylic acids is 3. The van der Waals surface area contributed by atoms with Crippen LogP contribution in [0, 0.1) is 0 Å². The summed E-state index contributed by atoms with van der Waals surface area (Å²) in [4.78, 5) is 34.0. The number of imide groups is 1. The molecule has 0 aromatic rings. The number of amides is 3. The summed E-state index contributed by atoms with van der Waals surface area (Å²) in [6.07, 6.45) is -2.10. The molecule has 0 aliphatic carbocycles. The van der Waals surface area contributed by atoms with E-state index < -0.39 is 24.4 Å². The van der Waals surface area contributed by atoms with Crippen molar-refractivity contribution in [2.75, 3.05) is 13.1 Å². The Balaban J connectivity index is 2.42. The van der Waals surface area contributed by atoms with E-state index in [0.29, 0.717) is 6.54 Å². The molecule has 1 atom stereocenters. The average Bonchev–Trinajstić information content (AvgIpc) is 2.40. The maximum Gasteiger partial charge on any atom is 0.264 e. The maximum absolute atomic E-state index is 12.8. The van der Waals surface area contributed by atoms with Gasteiger partial charge in [0.2, 0.25) is 11.8 Å². The van der Waals surface area contributed by atoms with Gasteiger partial charge in [0.1, 0.15) is 0 Å². The van der Waals surface area contributed by atoms with Crippen LogP contribution in [-0.4, -0.2) is 41.9 Å². The predicted molar refractivity (Wildman–Crippen MR) is 49.5 cm³/mol. The third-order valence-electron chi connectivity index (χ3n) is 2.13. The van der Waals surface area contributed by atoms with Gasteiger partial charge in [0, 0.05) is 19.5 Å². The second kappa shape index (κ2) is 4.86. The Morgan fingerprint density at radius 2 is 2.27 bits per heavy atom. The molecular formula is C9H13FN2O3. The summed E-state index contributed by atoms with van der Waals surface area (Å²) in [6, 6.07) is 0. The first-order valence-electron chi connectivity index (χ1n) is 4.81. The van der Waals surface area contributed by atoms with Gasteiger partial charge in [-0.3, -0.25) is 19.3 Å². The molecule has 1 unspecified atom stereocenters. The van der Waals surface area contributed by atoms with Crippen LogP contribution in [0.1, 0.15) is 19.8 Å². The van der Waals surface area contributed by atoms with E-state index in [1.807, 2.05) is 0 Å². The molecule has 0 radical (unpaired) electrons. The quantitative estimate of drug-likeness (QED) is 0.651. The Hall–Kier alpha value is -1.46. The van der Waals surface area contributed by atoms with Crippen molar-refractivity contribution in [3.05, 3.63) is 0 Å². The van der Waals surface area contributed by atoms with Crippen LogP contribution in [0.15, 0.2) is 0 Å². The zero-order valence-electron chi connectivity index (χ0n) is 8.46. The molecule has 84 valence electrons. The standard InChI is InChI=1S/C9H13FN2O3/c1-2-11-7(13)3-4-12-8(14)5-6(10)9(12)15/h6H,2-5H2,1H3,(H,11,13). The lowest BCUT2D eigenvalue weighted by Gasteiger charge is -2.12. The summed E-state index contributed by atoms with van der Waals surface area (Å²) >= 11 is 0. The molecule has 1 aliphatic rings. The Labute approximate surface area is 86.6 Å². The van der Waals surface area contributed by atoms with E-state index in [0.717, 1.165) is 4.90 Å². The van der Waals surface area contributed by atoms with Gasteiger partial charge in [-0.15, -0.1) is 0 Å². The lowest BCUT2D eigenvalue weighted by molar-refractivity contribution is -0.139. The van der Waals surface area contributed by atoms with Crippen molar-refractivity contribution in [3.8, 4) is 0 Å². The molecule has 1 rings (SSSR count). The zero-order chi connectivity index (χ0) is 11.4. The number of alkyl halides is 1. The number of hydrogen-bond donors (Lipinski definition) is 1. The van der Waals surface area contributed by atoms with Crippen molar-refractivity contribution in [3.63, 3.8) is 0 Å². The molecule has 0 aromatic carbocycles. The second-order valence-electron chi connectivity index (χ2n) is 3.26. The predicted octanol–water partition coefficient (Wildman–Crippen LogP) is -0.390. The van der Waals surface area contributed by atoms with Crippen LogP contribution in [0.25, 0.3) is 0 Å². The molecule has 3 amide bonds. The second-order valence-corrected chi connectivity index (χ2v) is 3.26. The van der Waals surface area contributed by atoms with Crippen molar-refractivity contribution >= 4 is 17.7 Å². The van der Waals surface area contributed by atoms with Crippen LogP contribution in [0.2, 0.25) is 0 Å². The van der Waals surface area contributed by atoms with E-state index in [-0.39, 0.29) is 18.9 Å². The molecule has 15 heavy (non-hydrogen) atoms. The summed E-state index contributed by atoms with van der Waals surface area (Å²) in [5, 5.41) is 2.53. The highest BCUT2D eigenvalue weighted by atomic mass is 19.1. The van der Waals surface area contributed by atoms with E-state index in [4.69, 9.17) is 0 Å². The summed E-state index contributed by atoms with van der Waals surface area (Å²) in [5.41, 5.74) is 0. The fraction of sp³-hybridized carbons (Fsp3) is 0.667. The van der Waals surface area contributed by atoms with Crippen LogP contribution in [0.4, 0.5) is 4.39 Å². The summed E-state index contributed by atoms with van der Waals surface area (Å²) < 4.78 is 12.8. The Morgan fingerprint density at radius 1 is 1.60 bits per heavy atom. The van der Waals surface area contributed by atoms with Gasteiger partial charge in [-0.2, -0.15) is 0 Å². The first kappa shape index (κ1) is 11.6. The molecule has 1 saturated heterocycles. The van der Waals surface area contributed by atoms with Crippen LogP contribution < -0.4 is 5.32 Å². The largest absolute Gasteiger partial charge is 0.356 e. The van der Waals surface area contributed by atoms with Gasteiger partial charge in [0.15, 0.2) is 6.17 Å². The third kappa shape index (κ3) is 2.74. The van der Waals surface area contributed by atoms with E-state index in [2.05, 4.69) is 5.32 Å². The minimum Gasteiger partial charge on any atom is -0.356 e. The van der Waals surface area contributed by atoms with Crippen molar-refractivity contribution in [1.82, 2.24) is 10.2 Å². The van der Waals surface area contributed by atoms with Crippen molar-refractivity contribution < 1.29 is 18.8 Å². The average molecular weight is 216 g/mol. The summed E-state index contributed by atoms with van der Waals surface area (Å²) in [6.45, 7) is 2.22. The van der Waals surface area contributed by atoms with E-state index in [9.17, 15) is 18.8 Å². The van der Waals surface area contributed by atoms with Gasteiger partial charge in [0.25, 0.3) is 5.91 Å². The van der Waals surface area contributed by atoms with Crippen molar-refractivity contribution in [2.24, 2.45) is 0 Å². The molecule has 0 bridgehead atoms. The molecule has 1 heterocycles. The summed E-state index contributed by atoms with van der Waals surface area (Å²) in [7, 11) is 0. The summed E-state index contributed by atoms with van der Waals surface area (Å²) in [5.74, 6) is -1.62. The molecule has 0 aromatic heterocycles. The normalized spacial score (nSPS) is 20.9. The van der Waals surface area contributed by atoms with Crippen LogP contribution in [-0.2, 0) is 14.4 Å². The monoisotopic (exact) mass is 216 g/mol. The molecule has 1 aliphatic heterocycles. The third-order valence-corrected chi connectivity index (χ3v) is 2.13. The lowest BCUT2D eigenvalue weighted by Crippen LogP contribution is -2.35. The number of hydrogen-bond acceptors (Lipinski definition) is 3. The van der Waals surface area contributed by atoms with Crippen LogP contribution in [0.5, 0.6) is 0 Å². The first-order chi connectivity index (χ1) is 7.06. The van der Waals surface area contributed by atoms with Gasteiger partial charge in [-0.1, -0.05) is 0 Å². The number of halogens is 1. The van der Waals surface area contributed by atoms with Gasteiger partial charge in [-0.25, -0.2) is 4.39 Å². The molecule has 1 N–H and O–H groups in total. The number of nitrogens with one attached hydrogen (secondary N) is 1. The highest BCUT2D eigenvalue weighted by Crippen LogP contribution is 2.15. The van der Waals surface area contributed by atoms with Crippen molar-refractivity contribution in [1.29, 1.82) is 0 Å². The number of rotatable bonds is 4. The Kier molecular flexibility index (Phi) is 3.76. The van der Waals surface area contributed by atoms with Crippen LogP contribution in [0.3, 0.4) is 0 Å². The van der Waals surface area contributed by atoms with Crippen LogP contribution >= 0.6 is 0 Å². The number of likely N-dealkylation sites (tertiary alicyclic amines) is 1. The number of carbonyl (C=O) groups is 3. The molecule has 1 fully saturated rings. The molecular weight excluding hydrogens is 203 g/mol. The highest BCUT2D eigenvalue weighted by molar-refractivity contribution is 6.05. The Bertz CT molecular complexity index is 293. The lowest BCUT2D eigenvalue weighted by atomic mass is 10.3. The van der Waals surface area contributed by atoms with E-state index in [1.165, 1.54) is 0 Å². The van der Waals surface area contributed by atoms with Crippen molar-refractivity contribution in [2.45, 2.75) is 25.9 Å². The molecule has 5 nitrogen and oxygen atoms in total. The molecule has 6 heteroatoms. The van der Waals surface area contributed by atoms with Gasteiger partial charge in [0.05, 0.1) is 6.42 Å². The SMILES string of the molecule is CCNC(=O)CCN1C(=O)CC(F)C1=O. The zero-order valence-corrected chi connectivity index (χ0v) is 8.46. The smallest absolute Gasteiger partial charge is 0.264 e. The van der Waals surface area contributed by atoms with E-state index in [1.54, 1.807) is 6.92 Å². The van der Waals surface area contributed by atoms with E-state index >= 15 is 0 Å². The first-order valence-corrected chi connectivity index (χ1v) is 4.81. The van der Waals surface area contributed by atoms with Gasteiger partial charge in [-0.05, 0) is 6.92 Å². The minimum atomic E-state index is -1.73. The molecule has 0 saturated carbocycles. The van der Waals surface area contributed by atoms with Gasteiger partial charge < -0.3 is 5.32 Å². The molecule has 0 spiro atoms. The highest BCUT2D eigenvalue weighted by Gasteiger charge is 2.38.